The highest BCUT2D eigenvalue weighted by Gasteiger charge is 2.21. The molecule has 4 aromatic rings. The molecule has 33 heavy (non-hydrogen) atoms. The zero-order chi connectivity index (χ0) is 22.8. The summed E-state index contributed by atoms with van der Waals surface area (Å²) in [6.45, 7) is 0.870. The van der Waals surface area contributed by atoms with Gasteiger partial charge in [-0.05, 0) is 37.0 Å². The minimum atomic E-state index is -2.66. The zero-order valence-corrected chi connectivity index (χ0v) is 18.2. The lowest BCUT2D eigenvalue weighted by Gasteiger charge is -2.11. The molecular formula is C24H24F2N6O. The molecule has 0 radical (unpaired) electrons. The van der Waals surface area contributed by atoms with E-state index >= 15 is 0 Å². The Morgan fingerprint density at radius 1 is 1.15 bits per heavy atom. The van der Waals surface area contributed by atoms with E-state index in [1.54, 1.807) is 12.3 Å². The van der Waals surface area contributed by atoms with E-state index in [1.165, 1.54) is 45.1 Å². The van der Waals surface area contributed by atoms with Crippen molar-refractivity contribution in [3.63, 3.8) is 0 Å². The second kappa shape index (κ2) is 9.09. The Hall–Kier alpha value is -3.62. The number of rotatable bonds is 7. The van der Waals surface area contributed by atoms with Crippen LogP contribution in [-0.2, 0) is 6.54 Å². The Labute approximate surface area is 189 Å². The average Bonchev–Trinajstić information content (AvgIpc) is 3.48. The molecule has 1 aromatic carbocycles. The van der Waals surface area contributed by atoms with Gasteiger partial charge in [-0.1, -0.05) is 31.0 Å². The van der Waals surface area contributed by atoms with E-state index in [2.05, 4.69) is 31.0 Å². The number of fused-ring (bicyclic) bond motifs is 1. The molecular weight excluding hydrogens is 426 g/mol. The number of anilines is 2. The van der Waals surface area contributed by atoms with Gasteiger partial charge in [0.1, 0.15) is 11.4 Å². The third-order valence-corrected chi connectivity index (χ3v) is 6.02. The normalized spacial score (nSPS) is 14.3. The lowest BCUT2D eigenvalue weighted by Crippen LogP contribution is -2.09. The second-order valence-electron chi connectivity index (χ2n) is 8.20. The van der Waals surface area contributed by atoms with E-state index in [1.807, 2.05) is 18.2 Å². The number of benzene rings is 1. The van der Waals surface area contributed by atoms with Crippen molar-refractivity contribution in [1.29, 1.82) is 0 Å². The highest BCUT2D eigenvalue weighted by Crippen LogP contribution is 2.33. The molecule has 3 heterocycles. The number of para-hydroxylation sites is 1. The van der Waals surface area contributed by atoms with Crippen LogP contribution in [0.15, 0.2) is 48.8 Å². The van der Waals surface area contributed by atoms with E-state index in [4.69, 9.17) is 9.84 Å². The van der Waals surface area contributed by atoms with Gasteiger partial charge < -0.3 is 10.1 Å². The maximum atomic E-state index is 13.1. The number of alkyl halides is 2. The summed E-state index contributed by atoms with van der Waals surface area (Å²) in [6.07, 6.45) is 5.23. The van der Waals surface area contributed by atoms with Gasteiger partial charge in [-0.25, -0.2) is 18.7 Å². The van der Waals surface area contributed by atoms with Crippen molar-refractivity contribution in [3.8, 4) is 17.3 Å². The minimum Gasteiger partial charge on any atom is -0.491 e. The third kappa shape index (κ3) is 4.35. The van der Waals surface area contributed by atoms with Crippen molar-refractivity contribution in [2.24, 2.45) is 5.92 Å². The number of ether oxygens (including phenoxy) is 1. The Kier molecular flexibility index (Phi) is 5.85. The van der Waals surface area contributed by atoms with Crippen LogP contribution in [0.25, 0.3) is 22.4 Å². The maximum absolute atomic E-state index is 13.1. The average molecular weight is 450 g/mol. The van der Waals surface area contributed by atoms with Crippen molar-refractivity contribution in [2.75, 3.05) is 12.4 Å². The molecule has 3 aromatic heterocycles. The van der Waals surface area contributed by atoms with Gasteiger partial charge in [-0.15, -0.1) is 0 Å². The summed E-state index contributed by atoms with van der Waals surface area (Å²) < 4.78 is 33.6. The molecule has 0 aliphatic heterocycles. The van der Waals surface area contributed by atoms with Gasteiger partial charge in [-0.2, -0.15) is 5.10 Å². The number of hydrogen-bond donors (Lipinski definition) is 1. The molecule has 0 spiro atoms. The molecule has 1 aliphatic rings. The summed E-state index contributed by atoms with van der Waals surface area (Å²) in [7, 11) is 1.51. The van der Waals surface area contributed by atoms with Crippen LogP contribution < -0.4 is 10.1 Å². The van der Waals surface area contributed by atoms with Gasteiger partial charge in [0.05, 0.1) is 18.8 Å². The smallest absolute Gasteiger partial charge is 0.280 e. The lowest BCUT2D eigenvalue weighted by molar-refractivity contribution is 0.146. The number of nitrogens with zero attached hydrogens (tertiary/aromatic N) is 5. The highest BCUT2D eigenvalue weighted by molar-refractivity contribution is 5.91. The van der Waals surface area contributed by atoms with Gasteiger partial charge in [0.15, 0.2) is 17.4 Å². The summed E-state index contributed by atoms with van der Waals surface area (Å²) in [6, 6.07) is 10.9. The Balaban J connectivity index is 1.53. The van der Waals surface area contributed by atoms with Crippen LogP contribution >= 0.6 is 0 Å². The standard InChI is InChI=1S/C24H24F2N6O/c1-33-20-13-28-24(30-23(20)29-16-10-11-27-18(12-16)22(25)26)21-17-8-4-5-9-19(17)32(31-21)14-15-6-2-3-7-15/h4-5,8-13,15,22H,2-3,6-7,14H2,1H3,(H,27,28,29,30). The van der Waals surface area contributed by atoms with E-state index in [9.17, 15) is 8.78 Å². The number of pyridine rings is 1. The predicted octanol–water partition coefficient (Wildman–Crippen LogP) is 5.77. The zero-order valence-electron chi connectivity index (χ0n) is 18.2. The molecule has 0 atom stereocenters. The monoisotopic (exact) mass is 450 g/mol. The fraction of sp³-hybridized carbons (Fsp3) is 0.333. The molecule has 9 heteroatoms. The Morgan fingerprint density at radius 2 is 1.97 bits per heavy atom. The van der Waals surface area contributed by atoms with Crippen LogP contribution in [0.4, 0.5) is 20.3 Å². The Bertz CT molecular complexity index is 1270. The second-order valence-corrected chi connectivity index (χ2v) is 8.20. The van der Waals surface area contributed by atoms with Gasteiger partial charge in [0.25, 0.3) is 6.43 Å². The van der Waals surface area contributed by atoms with Crippen molar-refractivity contribution < 1.29 is 13.5 Å². The van der Waals surface area contributed by atoms with Crippen LogP contribution in [-0.4, -0.2) is 31.8 Å². The molecule has 1 fully saturated rings. The molecule has 0 bridgehead atoms. The van der Waals surface area contributed by atoms with E-state index in [0.29, 0.717) is 34.7 Å². The molecule has 0 unspecified atom stereocenters. The van der Waals surface area contributed by atoms with Crippen molar-refractivity contribution in [3.05, 3.63) is 54.5 Å². The molecule has 5 rings (SSSR count). The number of aromatic nitrogens is 5. The topological polar surface area (TPSA) is 77.8 Å². The number of nitrogens with one attached hydrogen (secondary N) is 1. The van der Waals surface area contributed by atoms with E-state index in [0.717, 1.165) is 17.4 Å². The van der Waals surface area contributed by atoms with Gasteiger partial charge in [0.2, 0.25) is 0 Å². The van der Waals surface area contributed by atoms with Gasteiger partial charge in [-0.3, -0.25) is 9.67 Å². The quantitative estimate of drug-likeness (QED) is 0.385. The fourth-order valence-electron chi connectivity index (χ4n) is 4.38. The Morgan fingerprint density at radius 3 is 2.76 bits per heavy atom. The summed E-state index contributed by atoms with van der Waals surface area (Å²) in [5.41, 5.74) is 1.84. The highest BCUT2D eigenvalue weighted by atomic mass is 19.3. The summed E-state index contributed by atoms with van der Waals surface area (Å²) in [4.78, 5) is 12.8. The number of hydrogen-bond acceptors (Lipinski definition) is 6. The summed E-state index contributed by atoms with van der Waals surface area (Å²) >= 11 is 0. The number of halogens is 2. The molecule has 1 aliphatic carbocycles. The van der Waals surface area contributed by atoms with Crippen molar-refractivity contribution in [2.45, 2.75) is 38.7 Å². The van der Waals surface area contributed by atoms with E-state index in [-0.39, 0.29) is 5.69 Å². The van der Waals surface area contributed by atoms with Crippen molar-refractivity contribution in [1.82, 2.24) is 24.7 Å². The molecule has 1 saturated carbocycles. The fourth-order valence-corrected chi connectivity index (χ4v) is 4.38. The van der Waals surface area contributed by atoms with Crippen LogP contribution in [0.5, 0.6) is 5.75 Å². The number of methoxy groups -OCH3 is 1. The van der Waals surface area contributed by atoms with Crippen LogP contribution in [0.2, 0.25) is 0 Å². The van der Waals surface area contributed by atoms with Crippen LogP contribution in [0.3, 0.4) is 0 Å². The largest absolute Gasteiger partial charge is 0.491 e. The summed E-state index contributed by atoms with van der Waals surface area (Å²) in [5, 5.41) is 8.90. The summed E-state index contributed by atoms with van der Waals surface area (Å²) in [5.74, 6) is 1.82. The minimum absolute atomic E-state index is 0.315. The van der Waals surface area contributed by atoms with Gasteiger partial charge >= 0.3 is 0 Å². The first-order valence-electron chi connectivity index (χ1n) is 11.0. The molecule has 0 saturated heterocycles. The maximum Gasteiger partial charge on any atom is 0.280 e. The lowest BCUT2D eigenvalue weighted by atomic mass is 10.1. The van der Waals surface area contributed by atoms with Gasteiger partial charge in [0, 0.05) is 23.8 Å². The van der Waals surface area contributed by atoms with Crippen LogP contribution in [0.1, 0.15) is 37.8 Å². The predicted molar refractivity (Wildman–Crippen MR) is 122 cm³/mol. The van der Waals surface area contributed by atoms with Crippen LogP contribution in [0, 0.1) is 5.92 Å². The molecule has 1 N–H and O–H groups in total. The molecule has 170 valence electrons. The first-order chi connectivity index (χ1) is 16.1. The SMILES string of the molecule is COc1cnc(-c2nn(CC3CCCC3)c3ccccc23)nc1Nc1ccnc(C(F)F)c1. The molecule has 7 nitrogen and oxygen atoms in total. The first kappa shape index (κ1) is 21.2. The van der Waals surface area contributed by atoms with E-state index < -0.39 is 6.43 Å². The first-order valence-corrected chi connectivity index (χ1v) is 11.0. The molecule has 0 amide bonds. The van der Waals surface area contributed by atoms with Crippen molar-refractivity contribution >= 4 is 22.4 Å². The third-order valence-electron chi connectivity index (χ3n) is 6.02.